The lowest BCUT2D eigenvalue weighted by molar-refractivity contribution is -0.148. The highest BCUT2D eigenvalue weighted by Gasteiger charge is 2.34. The molecule has 1 atom stereocenters. The quantitative estimate of drug-likeness (QED) is 0.274. The third kappa shape index (κ3) is 6.51. The van der Waals surface area contributed by atoms with Crippen LogP contribution in [0.5, 0.6) is 0 Å². The number of esters is 1. The number of hydrogen-bond acceptors (Lipinski definition) is 2. The molecular formula is C22H34O2. The molecule has 1 aromatic rings. The molecule has 1 unspecified atom stereocenters. The van der Waals surface area contributed by atoms with Crippen LogP contribution >= 0.6 is 0 Å². The fourth-order valence-electron chi connectivity index (χ4n) is 2.96. The first-order valence-corrected chi connectivity index (χ1v) is 9.31. The molecule has 2 nitrogen and oxygen atoms in total. The second kappa shape index (κ2) is 10.3. The lowest BCUT2D eigenvalue weighted by Crippen LogP contribution is -2.37. The molecule has 134 valence electrons. The van der Waals surface area contributed by atoms with E-state index >= 15 is 0 Å². The molecule has 0 amide bonds. The van der Waals surface area contributed by atoms with E-state index in [1.165, 1.54) is 37.7 Å². The third-order valence-electron chi connectivity index (χ3n) is 4.74. The number of ether oxygens (including phenoxy) is 1. The molecule has 0 bridgehead atoms. The molecule has 2 heteroatoms. The van der Waals surface area contributed by atoms with Gasteiger partial charge in [0.25, 0.3) is 0 Å². The Labute approximate surface area is 148 Å². The van der Waals surface area contributed by atoms with E-state index in [2.05, 4.69) is 39.5 Å². The van der Waals surface area contributed by atoms with Crippen molar-refractivity contribution in [2.45, 2.75) is 84.2 Å². The minimum Gasteiger partial charge on any atom is -0.458 e. The van der Waals surface area contributed by atoms with Crippen molar-refractivity contribution in [1.29, 1.82) is 0 Å². The Kier molecular flexibility index (Phi) is 8.81. The highest BCUT2D eigenvalue weighted by atomic mass is 16.5. The van der Waals surface area contributed by atoms with E-state index in [0.717, 1.165) is 12.8 Å². The SMILES string of the molecule is C=C(C)C(=O)OC(CCCCCCCC)C(C)(C)c1ccccc1. The smallest absolute Gasteiger partial charge is 0.333 e. The van der Waals surface area contributed by atoms with Crippen molar-refractivity contribution < 1.29 is 9.53 Å². The Bertz CT molecular complexity index is 502. The first-order chi connectivity index (χ1) is 11.4. The topological polar surface area (TPSA) is 26.3 Å². The maximum absolute atomic E-state index is 12.1. The van der Waals surface area contributed by atoms with Crippen molar-refractivity contribution in [3.05, 3.63) is 48.0 Å². The summed E-state index contributed by atoms with van der Waals surface area (Å²) in [5.74, 6) is -0.282. The van der Waals surface area contributed by atoms with Crippen molar-refractivity contribution in [3.63, 3.8) is 0 Å². The number of carbonyl (C=O) groups excluding carboxylic acids is 1. The molecule has 1 rings (SSSR count). The molecule has 0 heterocycles. The van der Waals surface area contributed by atoms with Gasteiger partial charge in [0.1, 0.15) is 6.10 Å². The van der Waals surface area contributed by atoms with Gasteiger partial charge in [0.15, 0.2) is 0 Å². The van der Waals surface area contributed by atoms with E-state index in [-0.39, 0.29) is 17.5 Å². The number of carbonyl (C=O) groups is 1. The van der Waals surface area contributed by atoms with Gasteiger partial charge in [-0.05, 0) is 25.3 Å². The molecule has 0 aromatic heterocycles. The predicted molar refractivity (Wildman–Crippen MR) is 102 cm³/mol. The van der Waals surface area contributed by atoms with Gasteiger partial charge in [0, 0.05) is 11.0 Å². The molecule has 0 aliphatic heterocycles. The molecule has 0 saturated carbocycles. The van der Waals surface area contributed by atoms with Gasteiger partial charge in [-0.3, -0.25) is 0 Å². The molecule has 1 aromatic carbocycles. The molecule has 24 heavy (non-hydrogen) atoms. The second-order valence-corrected chi connectivity index (χ2v) is 7.32. The van der Waals surface area contributed by atoms with E-state index in [1.54, 1.807) is 6.92 Å². The first kappa shape index (κ1) is 20.5. The molecule has 0 saturated heterocycles. The van der Waals surface area contributed by atoms with Gasteiger partial charge in [0.05, 0.1) is 0 Å². The second-order valence-electron chi connectivity index (χ2n) is 7.32. The van der Waals surface area contributed by atoms with E-state index in [4.69, 9.17) is 4.74 Å². The van der Waals surface area contributed by atoms with Crippen LogP contribution in [0.4, 0.5) is 0 Å². The predicted octanol–water partition coefficient (Wildman–Crippen LogP) is 6.20. The first-order valence-electron chi connectivity index (χ1n) is 9.31. The largest absolute Gasteiger partial charge is 0.458 e. The van der Waals surface area contributed by atoms with Gasteiger partial charge in [-0.25, -0.2) is 4.79 Å². The zero-order valence-electron chi connectivity index (χ0n) is 15.9. The van der Waals surface area contributed by atoms with Gasteiger partial charge < -0.3 is 4.74 Å². The summed E-state index contributed by atoms with van der Waals surface area (Å²) in [5, 5.41) is 0. The fourth-order valence-corrected chi connectivity index (χ4v) is 2.96. The van der Waals surface area contributed by atoms with Gasteiger partial charge in [-0.1, -0.05) is 89.8 Å². The van der Waals surface area contributed by atoms with Gasteiger partial charge in [0.2, 0.25) is 0 Å². The molecule has 0 radical (unpaired) electrons. The minimum atomic E-state index is -0.282. The van der Waals surface area contributed by atoms with Crippen molar-refractivity contribution >= 4 is 5.97 Å². The zero-order valence-corrected chi connectivity index (χ0v) is 15.9. The number of unbranched alkanes of at least 4 members (excludes halogenated alkanes) is 5. The van der Waals surface area contributed by atoms with Gasteiger partial charge in [-0.2, -0.15) is 0 Å². The van der Waals surface area contributed by atoms with Crippen molar-refractivity contribution in [3.8, 4) is 0 Å². The highest BCUT2D eigenvalue weighted by Crippen LogP contribution is 2.32. The normalized spacial score (nSPS) is 12.7. The lowest BCUT2D eigenvalue weighted by atomic mass is 9.77. The summed E-state index contributed by atoms with van der Waals surface area (Å²) < 4.78 is 5.82. The Morgan fingerprint density at radius 1 is 1.08 bits per heavy atom. The fraction of sp³-hybridized carbons (Fsp3) is 0.591. The van der Waals surface area contributed by atoms with Crippen LogP contribution in [0.25, 0.3) is 0 Å². The molecule has 0 fully saturated rings. The zero-order chi connectivity index (χ0) is 18.0. The number of hydrogen-bond donors (Lipinski definition) is 0. The minimum absolute atomic E-state index is 0.129. The molecule has 0 aliphatic rings. The van der Waals surface area contributed by atoms with Crippen LogP contribution in [0.15, 0.2) is 42.5 Å². The van der Waals surface area contributed by atoms with Crippen molar-refractivity contribution in [2.75, 3.05) is 0 Å². The van der Waals surface area contributed by atoms with Crippen molar-refractivity contribution in [1.82, 2.24) is 0 Å². The Morgan fingerprint density at radius 3 is 2.25 bits per heavy atom. The maximum Gasteiger partial charge on any atom is 0.333 e. The number of rotatable bonds is 11. The summed E-state index contributed by atoms with van der Waals surface area (Å²) in [4.78, 5) is 12.1. The van der Waals surface area contributed by atoms with Crippen LogP contribution in [-0.2, 0) is 14.9 Å². The molecular weight excluding hydrogens is 296 g/mol. The summed E-state index contributed by atoms with van der Waals surface area (Å²) in [5.41, 5.74) is 1.46. The van der Waals surface area contributed by atoms with Crippen LogP contribution in [0.3, 0.4) is 0 Å². The highest BCUT2D eigenvalue weighted by molar-refractivity contribution is 5.87. The molecule has 0 spiro atoms. The maximum atomic E-state index is 12.1. The Balaban J connectivity index is 2.73. The van der Waals surface area contributed by atoms with Crippen LogP contribution < -0.4 is 0 Å². The average molecular weight is 331 g/mol. The monoisotopic (exact) mass is 330 g/mol. The van der Waals surface area contributed by atoms with E-state index in [1.807, 2.05) is 18.2 Å². The Morgan fingerprint density at radius 2 is 1.67 bits per heavy atom. The van der Waals surface area contributed by atoms with E-state index < -0.39 is 0 Å². The standard InChI is InChI=1S/C22H34O2/c1-6-7-8-9-10-14-17-20(24-21(23)18(2)3)22(4,5)19-15-12-11-13-16-19/h11-13,15-16,20H,2,6-10,14,17H2,1,3-5H3. The van der Waals surface area contributed by atoms with Crippen LogP contribution in [0.2, 0.25) is 0 Å². The molecule has 0 aliphatic carbocycles. The van der Waals surface area contributed by atoms with Crippen LogP contribution in [-0.4, -0.2) is 12.1 Å². The van der Waals surface area contributed by atoms with Crippen LogP contribution in [0.1, 0.15) is 78.2 Å². The average Bonchev–Trinajstić information content (AvgIpc) is 2.57. The van der Waals surface area contributed by atoms with Gasteiger partial charge in [-0.15, -0.1) is 0 Å². The molecule has 0 N–H and O–H groups in total. The van der Waals surface area contributed by atoms with Crippen LogP contribution in [0, 0.1) is 0 Å². The lowest BCUT2D eigenvalue weighted by Gasteiger charge is -2.34. The summed E-state index contributed by atoms with van der Waals surface area (Å²) >= 11 is 0. The Hall–Kier alpha value is -1.57. The summed E-state index contributed by atoms with van der Waals surface area (Å²) in [6.45, 7) is 12.0. The summed E-state index contributed by atoms with van der Waals surface area (Å²) in [6, 6.07) is 10.3. The summed E-state index contributed by atoms with van der Waals surface area (Å²) in [6.07, 6.45) is 8.20. The van der Waals surface area contributed by atoms with Crippen molar-refractivity contribution in [2.24, 2.45) is 0 Å². The summed E-state index contributed by atoms with van der Waals surface area (Å²) in [7, 11) is 0. The van der Waals surface area contributed by atoms with E-state index in [9.17, 15) is 4.79 Å². The third-order valence-corrected chi connectivity index (χ3v) is 4.74. The number of benzene rings is 1. The van der Waals surface area contributed by atoms with E-state index in [0.29, 0.717) is 5.57 Å². The van der Waals surface area contributed by atoms with Gasteiger partial charge >= 0.3 is 5.97 Å².